The summed E-state index contributed by atoms with van der Waals surface area (Å²) in [6.07, 6.45) is 3.23. The first-order chi connectivity index (χ1) is 30.5. The Morgan fingerprint density at radius 2 is 1.13 bits per heavy atom. The summed E-state index contributed by atoms with van der Waals surface area (Å²) in [4.78, 5) is 40.5. The van der Waals surface area contributed by atoms with Crippen LogP contribution >= 0.6 is 11.6 Å². The van der Waals surface area contributed by atoms with E-state index in [0.717, 1.165) is 10.8 Å². The first kappa shape index (κ1) is 40.2. The van der Waals surface area contributed by atoms with Gasteiger partial charge in [-0.1, -0.05) is 46.3 Å². The molecule has 0 aliphatic carbocycles. The van der Waals surface area contributed by atoms with Crippen molar-refractivity contribution in [2.75, 3.05) is 7.11 Å². The van der Waals surface area contributed by atoms with E-state index in [4.69, 9.17) is 17.3 Å². The molecular weight excluding hydrogens is 835 g/mol. The Morgan fingerprint density at radius 1 is 0.619 bits per heavy atom. The standard InChI is InChI=1S/C23H15F2N5O2.C22H14ClFN6O/c1-32-23(31)16-5-4-14(10-18(16)25)19-6-7-20-22(27-19)30(29-28-20)12-15-9-13-3-2-8-26-21(13)11-17(15)24;23-16-9-13(3-4-15(16)21(25)31)18-5-6-19-22(27-18)30(29-28-19)11-14-8-12-2-1-7-26-20(12)10-17(14)24/h2-11H,12H2,1H3;1-10H,11H2,(H2,25,31). The molecule has 310 valence electrons. The van der Waals surface area contributed by atoms with E-state index in [2.05, 4.69) is 45.3 Å². The van der Waals surface area contributed by atoms with Crippen LogP contribution < -0.4 is 5.73 Å². The minimum Gasteiger partial charge on any atom is -0.465 e. The van der Waals surface area contributed by atoms with Crippen molar-refractivity contribution < 1.29 is 27.5 Å². The third-order valence-corrected chi connectivity index (χ3v) is 10.4. The number of rotatable bonds is 8. The number of benzene rings is 4. The van der Waals surface area contributed by atoms with Gasteiger partial charge in [0.15, 0.2) is 11.3 Å². The number of nitrogens with zero attached hydrogens (tertiary/aromatic N) is 10. The van der Waals surface area contributed by atoms with Gasteiger partial charge in [-0.3, -0.25) is 14.8 Å². The highest BCUT2D eigenvalue weighted by Crippen LogP contribution is 2.28. The first-order valence-corrected chi connectivity index (χ1v) is 19.4. The van der Waals surface area contributed by atoms with Crippen LogP contribution in [0.3, 0.4) is 0 Å². The van der Waals surface area contributed by atoms with Crippen molar-refractivity contribution in [3.63, 3.8) is 0 Å². The molecule has 0 bridgehead atoms. The van der Waals surface area contributed by atoms with Gasteiger partial charge in [-0.15, -0.1) is 10.2 Å². The lowest BCUT2D eigenvalue weighted by atomic mass is 10.1. The molecule has 0 atom stereocenters. The van der Waals surface area contributed by atoms with Crippen molar-refractivity contribution in [3.05, 3.63) is 166 Å². The molecule has 0 radical (unpaired) electrons. The van der Waals surface area contributed by atoms with Crippen LogP contribution in [0.2, 0.25) is 5.02 Å². The smallest absolute Gasteiger partial charge is 0.340 e. The van der Waals surface area contributed by atoms with Gasteiger partial charge in [-0.2, -0.15) is 0 Å². The number of hydrogen-bond donors (Lipinski definition) is 1. The molecule has 63 heavy (non-hydrogen) atoms. The van der Waals surface area contributed by atoms with Crippen LogP contribution in [-0.2, 0) is 17.8 Å². The van der Waals surface area contributed by atoms with Crippen molar-refractivity contribution in [1.29, 1.82) is 0 Å². The van der Waals surface area contributed by atoms with Crippen molar-refractivity contribution >= 4 is 67.6 Å². The van der Waals surface area contributed by atoms with Gasteiger partial charge in [-0.25, -0.2) is 37.3 Å². The van der Waals surface area contributed by atoms with Gasteiger partial charge in [-0.05, 0) is 72.8 Å². The third-order valence-electron chi connectivity index (χ3n) is 10.1. The average molecular weight is 864 g/mol. The minimum absolute atomic E-state index is 0.110. The van der Waals surface area contributed by atoms with Gasteiger partial charge < -0.3 is 10.5 Å². The first-order valence-electron chi connectivity index (χ1n) is 19.0. The molecule has 6 heterocycles. The topological polar surface area (TPSA) is 182 Å². The van der Waals surface area contributed by atoms with E-state index in [0.29, 0.717) is 67.0 Å². The number of methoxy groups -OCH3 is 1. The summed E-state index contributed by atoms with van der Waals surface area (Å²) in [5.74, 6) is -2.85. The number of hydrogen-bond acceptors (Lipinski definition) is 11. The summed E-state index contributed by atoms with van der Waals surface area (Å²) < 4.78 is 51.2. The number of aromatic nitrogens is 10. The summed E-state index contributed by atoms with van der Waals surface area (Å²) in [5, 5.41) is 18.3. The number of pyridine rings is 4. The van der Waals surface area contributed by atoms with Crippen molar-refractivity contribution in [2.45, 2.75) is 13.1 Å². The van der Waals surface area contributed by atoms with Crippen LogP contribution in [0, 0.1) is 17.5 Å². The van der Waals surface area contributed by atoms with Crippen LogP contribution in [0.25, 0.3) is 66.6 Å². The Labute approximate surface area is 358 Å². The molecule has 0 spiro atoms. The SMILES string of the molecule is COC(=O)c1ccc(-c2ccc3nnn(Cc4cc5cccnc5cc4F)c3n2)cc1F.NC(=O)c1ccc(-c2ccc3nnn(Cc4cc5cccnc5cc4F)c3n2)cc1Cl. The zero-order valence-electron chi connectivity index (χ0n) is 32.7. The highest BCUT2D eigenvalue weighted by atomic mass is 35.5. The Morgan fingerprint density at radius 3 is 1.60 bits per heavy atom. The van der Waals surface area contributed by atoms with Crippen LogP contribution in [0.1, 0.15) is 31.8 Å². The molecule has 6 aromatic heterocycles. The van der Waals surface area contributed by atoms with E-state index in [1.54, 1.807) is 89.9 Å². The Hall–Kier alpha value is -8.18. The van der Waals surface area contributed by atoms with E-state index in [1.165, 1.54) is 36.1 Å². The Kier molecular flexibility index (Phi) is 10.7. The fraction of sp³-hybridized carbons (Fsp3) is 0.0667. The second-order valence-corrected chi connectivity index (χ2v) is 14.5. The van der Waals surface area contributed by atoms with Crippen molar-refractivity contribution in [3.8, 4) is 22.5 Å². The number of ether oxygens (including phenoxy) is 1. The predicted octanol–water partition coefficient (Wildman–Crippen LogP) is 8.14. The molecule has 10 aromatic rings. The number of nitrogens with two attached hydrogens (primary N) is 1. The zero-order valence-corrected chi connectivity index (χ0v) is 33.5. The van der Waals surface area contributed by atoms with E-state index in [1.807, 2.05) is 12.1 Å². The van der Waals surface area contributed by atoms with Gasteiger partial charge >= 0.3 is 5.97 Å². The van der Waals surface area contributed by atoms with Gasteiger partial charge in [0.25, 0.3) is 0 Å². The van der Waals surface area contributed by atoms with Crippen molar-refractivity contribution in [1.82, 2.24) is 49.9 Å². The largest absolute Gasteiger partial charge is 0.465 e. The van der Waals surface area contributed by atoms with Crippen LogP contribution in [0.4, 0.5) is 13.2 Å². The monoisotopic (exact) mass is 863 g/mol. The Bertz CT molecular complexity index is 3430. The molecule has 0 aliphatic rings. The highest BCUT2D eigenvalue weighted by Gasteiger charge is 2.17. The lowest BCUT2D eigenvalue weighted by Crippen LogP contribution is -2.11. The molecule has 4 aromatic carbocycles. The molecule has 0 unspecified atom stereocenters. The fourth-order valence-electron chi connectivity index (χ4n) is 6.91. The number of primary amides is 1. The maximum atomic E-state index is 14.6. The van der Waals surface area contributed by atoms with Crippen LogP contribution in [-0.4, -0.2) is 68.9 Å². The number of esters is 1. The normalized spacial score (nSPS) is 11.3. The second-order valence-electron chi connectivity index (χ2n) is 14.1. The number of fused-ring (bicyclic) bond motifs is 4. The Balaban J connectivity index is 0.000000160. The van der Waals surface area contributed by atoms with E-state index in [-0.39, 0.29) is 35.1 Å². The molecule has 2 N–H and O–H groups in total. The van der Waals surface area contributed by atoms with Gasteiger partial charge in [0.05, 0.1) is 58.8 Å². The van der Waals surface area contributed by atoms with E-state index >= 15 is 0 Å². The maximum absolute atomic E-state index is 14.6. The summed E-state index contributed by atoms with van der Waals surface area (Å²) in [7, 11) is 1.19. The molecule has 0 aliphatic heterocycles. The molecule has 10 rings (SSSR count). The molecule has 1 amide bonds. The minimum atomic E-state index is -0.757. The predicted molar refractivity (Wildman–Crippen MR) is 228 cm³/mol. The van der Waals surface area contributed by atoms with E-state index < -0.39 is 23.5 Å². The number of carbonyl (C=O) groups excluding carboxylic acids is 2. The molecular formula is C45H29ClF3N11O3. The van der Waals surface area contributed by atoms with Crippen molar-refractivity contribution in [2.24, 2.45) is 5.73 Å². The lowest BCUT2D eigenvalue weighted by molar-refractivity contribution is 0.0595. The molecule has 18 heteroatoms. The zero-order chi connectivity index (χ0) is 43.8. The van der Waals surface area contributed by atoms with Crippen LogP contribution in [0.15, 0.2) is 122 Å². The summed E-state index contributed by atoms with van der Waals surface area (Å²) >= 11 is 6.17. The maximum Gasteiger partial charge on any atom is 0.340 e. The number of halogens is 4. The quantitative estimate of drug-likeness (QED) is 0.146. The number of carbonyl (C=O) groups is 2. The molecule has 14 nitrogen and oxygen atoms in total. The van der Waals surface area contributed by atoms with Gasteiger partial charge in [0.2, 0.25) is 5.91 Å². The fourth-order valence-corrected chi connectivity index (χ4v) is 7.19. The number of amides is 1. The molecule has 0 saturated heterocycles. The van der Waals surface area contributed by atoms with Gasteiger partial charge in [0, 0.05) is 57.6 Å². The molecule has 0 saturated carbocycles. The molecule has 0 fully saturated rings. The van der Waals surface area contributed by atoms with E-state index in [9.17, 15) is 22.8 Å². The highest BCUT2D eigenvalue weighted by molar-refractivity contribution is 6.34. The van der Waals surface area contributed by atoms with Gasteiger partial charge in [0.1, 0.15) is 28.5 Å². The lowest BCUT2D eigenvalue weighted by Gasteiger charge is -2.07. The average Bonchev–Trinajstić information content (AvgIpc) is 3.89. The summed E-state index contributed by atoms with van der Waals surface area (Å²) in [6.45, 7) is 0.268. The summed E-state index contributed by atoms with van der Waals surface area (Å²) in [5.41, 5.74) is 11.6. The second kappa shape index (κ2) is 16.7. The summed E-state index contributed by atoms with van der Waals surface area (Å²) in [6, 6.07) is 29.5. The van der Waals surface area contributed by atoms with Crippen LogP contribution in [0.5, 0.6) is 0 Å². The third kappa shape index (κ3) is 8.07.